The Bertz CT molecular complexity index is 854. The molecule has 0 N–H and O–H groups in total. The highest BCUT2D eigenvalue weighted by Gasteiger charge is 2.25. The first-order valence-electron chi connectivity index (χ1n) is 7.49. The molecule has 1 aromatic heterocycles. The molecule has 1 saturated heterocycles. The molecule has 0 saturated carbocycles. The molecule has 1 aliphatic rings. The number of rotatable bonds is 3. The Morgan fingerprint density at radius 1 is 1.17 bits per heavy atom. The van der Waals surface area contributed by atoms with Crippen LogP contribution in [0.1, 0.15) is 16.2 Å². The predicted octanol–water partition coefficient (Wildman–Crippen LogP) is 0.744. The van der Waals surface area contributed by atoms with Crippen LogP contribution in [0.4, 0.5) is 6.01 Å². The third-order valence-corrected chi connectivity index (χ3v) is 4.97. The molecule has 0 spiro atoms. The van der Waals surface area contributed by atoms with Crippen LogP contribution in [0.15, 0.2) is 33.6 Å². The standard InChI is InChI=1S/C15H18N4O4S/c1-11-16-17-15(23-11)19-8-6-18(7-9-19)14(20)12-4-3-5-13(10-12)24(2,21)22/h3-5,10H,6-9H2,1-2H3. The van der Waals surface area contributed by atoms with Crippen LogP contribution >= 0.6 is 0 Å². The zero-order valence-electron chi connectivity index (χ0n) is 13.5. The highest BCUT2D eigenvalue weighted by molar-refractivity contribution is 7.90. The molecule has 0 atom stereocenters. The van der Waals surface area contributed by atoms with E-state index in [4.69, 9.17) is 4.42 Å². The minimum atomic E-state index is -3.34. The van der Waals surface area contributed by atoms with Gasteiger partial charge in [-0.15, -0.1) is 5.10 Å². The number of piperazine rings is 1. The summed E-state index contributed by atoms with van der Waals surface area (Å²) in [6, 6.07) is 6.58. The molecule has 0 aliphatic carbocycles. The summed E-state index contributed by atoms with van der Waals surface area (Å²) in [5, 5.41) is 7.78. The molecule has 0 bridgehead atoms. The number of carbonyl (C=O) groups excluding carboxylic acids is 1. The molecule has 0 radical (unpaired) electrons. The van der Waals surface area contributed by atoms with E-state index >= 15 is 0 Å². The quantitative estimate of drug-likeness (QED) is 0.805. The van der Waals surface area contributed by atoms with Gasteiger partial charge in [0.05, 0.1) is 4.90 Å². The van der Waals surface area contributed by atoms with Crippen LogP contribution in [0.3, 0.4) is 0 Å². The van der Waals surface area contributed by atoms with Gasteiger partial charge in [-0.05, 0) is 18.2 Å². The van der Waals surface area contributed by atoms with Crippen molar-refractivity contribution < 1.29 is 17.6 Å². The number of amides is 1. The number of aryl methyl sites for hydroxylation is 1. The van der Waals surface area contributed by atoms with Crippen molar-refractivity contribution >= 4 is 21.8 Å². The molecular formula is C15H18N4O4S. The average Bonchev–Trinajstić information content (AvgIpc) is 3.00. The molecule has 2 aromatic rings. The maximum atomic E-state index is 12.6. The summed E-state index contributed by atoms with van der Waals surface area (Å²) in [7, 11) is -3.34. The SMILES string of the molecule is Cc1nnc(N2CCN(C(=O)c3cccc(S(C)(=O)=O)c3)CC2)o1. The van der Waals surface area contributed by atoms with E-state index in [0.717, 1.165) is 6.26 Å². The number of anilines is 1. The van der Waals surface area contributed by atoms with E-state index in [9.17, 15) is 13.2 Å². The van der Waals surface area contributed by atoms with Gasteiger partial charge in [0.1, 0.15) is 0 Å². The van der Waals surface area contributed by atoms with Crippen LogP contribution in [0, 0.1) is 6.92 Å². The highest BCUT2D eigenvalue weighted by atomic mass is 32.2. The predicted molar refractivity (Wildman–Crippen MR) is 86.7 cm³/mol. The van der Waals surface area contributed by atoms with Gasteiger partial charge >= 0.3 is 6.01 Å². The molecule has 0 unspecified atom stereocenters. The van der Waals surface area contributed by atoms with Crippen LogP contribution < -0.4 is 4.90 Å². The van der Waals surface area contributed by atoms with Crippen molar-refractivity contribution in [2.24, 2.45) is 0 Å². The topological polar surface area (TPSA) is 96.6 Å². The Labute approximate surface area is 140 Å². The largest absolute Gasteiger partial charge is 0.408 e. The summed E-state index contributed by atoms with van der Waals surface area (Å²) >= 11 is 0. The fourth-order valence-electron chi connectivity index (χ4n) is 2.56. The van der Waals surface area contributed by atoms with Gasteiger partial charge in [0.25, 0.3) is 5.91 Å². The molecule has 2 heterocycles. The van der Waals surface area contributed by atoms with Gasteiger partial charge in [-0.3, -0.25) is 4.79 Å². The van der Waals surface area contributed by atoms with Crippen molar-refractivity contribution in [1.82, 2.24) is 15.1 Å². The summed E-state index contributed by atoms with van der Waals surface area (Å²) in [6.45, 7) is 3.90. The third-order valence-electron chi connectivity index (χ3n) is 3.86. The van der Waals surface area contributed by atoms with Crippen molar-refractivity contribution in [3.05, 3.63) is 35.7 Å². The molecule has 1 fully saturated rings. The lowest BCUT2D eigenvalue weighted by molar-refractivity contribution is 0.0744. The Balaban J connectivity index is 1.69. The van der Waals surface area contributed by atoms with Crippen LogP contribution in [0.25, 0.3) is 0 Å². The Morgan fingerprint density at radius 2 is 1.88 bits per heavy atom. The van der Waals surface area contributed by atoms with Crippen molar-refractivity contribution in [1.29, 1.82) is 0 Å². The second kappa shape index (κ2) is 6.23. The number of sulfone groups is 1. The van der Waals surface area contributed by atoms with Gasteiger partial charge in [-0.1, -0.05) is 11.2 Å². The van der Waals surface area contributed by atoms with E-state index < -0.39 is 9.84 Å². The van der Waals surface area contributed by atoms with Gasteiger partial charge in [-0.2, -0.15) is 0 Å². The molecule has 1 aromatic carbocycles. The normalized spacial score (nSPS) is 15.6. The van der Waals surface area contributed by atoms with Gasteiger partial charge in [0.2, 0.25) is 5.89 Å². The Kier molecular flexibility index (Phi) is 4.27. The lowest BCUT2D eigenvalue weighted by Gasteiger charge is -2.33. The molecule has 24 heavy (non-hydrogen) atoms. The van der Waals surface area contributed by atoms with E-state index in [1.165, 1.54) is 12.1 Å². The fraction of sp³-hybridized carbons (Fsp3) is 0.400. The van der Waals surface area contributed by atoms with Crippen LogP contribution in [-0.2, 0) is 9.84 Å². The summed E-state index contributed by atoms with van der Waals surface area (Å²) in [6.07, 6.45) is 1.13. The average molecular weight is 350 g/mol. The van der Waals surface area contributed by atoms with Gasteiger partial charge in [0, 0.05) is 44.9 Å². The first-order chi connectivity index (χ1) is 11.3. The molecule has 9 heteroatoms. The summed E-state index contributed by atoms with van der Waals surface area (Å²) < 4.78 is 28.7. The zero-order valence-corrected chi connectivity index (χ0v) is 14.3. The van der Waals surface area contributed by atoms with Crippen LogP contribution in [-0.4, -0.2) is 61.9 Å². The lowest BCUT2D eigenvalue weighted by Crippen LogP contribution is -2.49. The minimum Gasteiger partial charge on any atom is -0.408 e. The number of benzene rings is 1. The molecule has 128 valence electrons. The number of aromatic nitrogens is 2. The number of hydrogen-bond donors (Lipinski definition) is 0. The molecule has 8 nitrogen and oxygen atoms in total. The van der Waals surface area contributed by atoms with Gasteiger partial charge in [-0.25, -0.2) is 8.42 Å². The van der Waals surface area contributed by atoms with Crippen molar-refractivity contribution in [3.63, 3.8) is 0 Å². The smallest absolute Gasteiger partial charge is 0.318 e. The summed E-state index contributed by atoms with van der Waals surface area (Å²) in [5.74, 6) is 0.322. The number of carbonyl (C=O) groups is 1. The van der Waals surface area contributed by atoms with Gasteiger partial charge in [0.15, 0.2) is 9.84 Å². The van der Waals surface area contributed by atoms with Crippen molar-refractivity contribution in [2.75, 3.05) is 37.3 Å². The number of hydrogen-bond acceptors (Lipinski definition) is 7. The van der Waals surface area contributed by atoms with Crippen LogP contribution in [0.5, 0.6) is 0 Å². The molecule has 1 amide bonds. The van der Waals surface area contributed by atoms with Crippen LogP contribution in [0.2, 0.25) is 0 Å². The summed E-state index contributed by atoms with van der Waals surface area (Å²) in [5.41, 5.74) is 0.375. The molecular weight excluding hydrogens is 332 g/mol. The van der Waals surface area contributed by atoms with E-state index in [0.29, 0.717) is 43.6 Å². The highest BCUT2D eigenvalue weighted by Crippen LogP contribution is 2.17. The summed E-state index contributed by atoms with van der Waals surface area (Å²) in [4.78, 5) is 16.4. The molecule has 3 rings (SSSR count). The second-order valence-corrected chi connectivity index (χ2v) is 7.70. The van der Waals surface area contributed by atoms with E-state index in [1.54, 1.807) is 24.0 Å². The van der Waals surface area contributed by atoms with E-state index in [1.807, 2.05) is 4.90 Å². The second-order valence-electron chi connectivity index (χ2n) is 5.68. The molecule has 1 aliphatic heterocycles. The maximum Gasteiger partial charge on any atom is 0.318 e. The first-order valence-corrected chi connectivity index (χ1v) is 9.38. The zero-order chi connectivity index (χ0) is 17.3. The van der Waals surface area contributed by atoms with Crippen molar-refractivity contribution in [2.45, 2.75) is 11.8 Å². The number of nitrogens with zero attached hydrogens (tertiary/aromatic N) is 4. The van der Waals surface area contributed by atoms with Gasteiger partial charge < -0.3 is 14.2 Å². The third kappa shape index (κ3) is 3.40. The minimum absolute atomic E-state index is 0.147. The Morgan fingerprint density at radius 3 is 2.46 bits per heavy atom. The fourth-order valence-corrected chi connectivity index (χ4v) is 3.22. The van der Waals surface area contributed by atoms with Crippen molar-refractivity contribution in [3.8, 4) is 0 Å². The first kappa shape index (κ1) is 16.4. The van der Waals surface area contributed by atoms with E-state index in [2.05, 4.69) is 10.2 Å². The maximum absolute atomic E-state index is 12.6. The van der Waals surface area contributed by atoms with E-state index in [-0.39, 0.29) is 10.8 Å². The Hall–Kier alpha value is -2.42. The lowest BCUT2D eigenvalue weighted by atomic mass is 10.2. The monoisotopic (exact) mass is 350 g/mol.